The topological polar surface area (TPSA) is 41.6 Å². The molecule has 0 aliphatic carbocycles. The van der Waals surface area contributed by atoms with E-state index in [1.807, 2.05) is 13.0 Å². The van der Waals surface area contributed by atoms with E-state index in [-0.39, 0.29) is 6.04 Å². The molecular weight excluding hydrogens is 270 g/mol. The van der Waals surface area contributed by atoms with Gasteiger partial charge >= 0.3 is 0 Å². The van der Waals surface area contributed by atoms with Crippen molar-refractivity contribution in [2.24, 2.45) is 10.7 Å². The van der Waals surface area contributed by atoms with Gasteiger partial charge in [0.05, 0.1) is 6.67 Å². The molecule has 1 atom stereocenters. The summed E-state index contributed by atoms with van der Waals surface area (Å²) in [4.78, 5) is 6.98. The summed E-state index contributed by atoms with van der Waals surface area (Å²) in [5.41, 5.74) is 9.72. The molecule has 0 aromatic rings. The molecule has 3 nitrogen and oxygen atoms in total. The van der Waals surface area contributed by atoms with Gasteiger partial charge in [0.15, 0.2) is 0 Å². The van der Waals surface area contributed by atoms with Gasteiger partial charge in [-0.2, -0.15) is 0 Å². The van der Waals surface area contributed by atoms with Crippen molar-refractivity contribution in [1.29, 1.82) is 0 Å². The lowest BCUT2D eigenvalue weighted by Gasteiger charge is -2.19. The lowest BCUT2D eigenvalue weighted by molar-refractivity contribution is 0.287. The van der Waals surface area contributed by atoms with Crippen LogP contribution in [0.4, 0.5) is 0 Å². The second kappa shape index (κ2) is 12.1. The zero-order chi connectivity index (χ0) is 15.4. The van der Waals surface area contributed by atoms with E-state index in [1.165, 1.54) is 5.57 Å². The van der Waals surface area contributed by atoms with Crippen LogP contribution >= 0.6 is 11.6 Å². The van der Waals surface area contributed by atoms with E-state index in [2.05, 4.69) is 36.7 Å². The Morgan fingerprint density at radius 2 is 2.05 bits per heavy atom. The van der Waals surface area contributed by atoms with Gasteiger partial charge in [0.1, 0.15) is 0 Å². The standard InChI is InChI=1S/C16H30ClN3/c1-5-20(12-10-15(3)18)13-19-16(4)14(2)9-7-6-8-11-17/h8-9,11,15H,5-7,10,12-13,18H2,1-4H3/b11-8+,14-9+,19-16+. The first kappa shape index (κ1) is 19.4. The minimum atomic E-state index is 0.255. The van der Waals surface area contributed by atoms with Crippen molar-refractivity contribution in [3.8, 4) is 0 Å². The van der Waals surface area contributed by atoms with Gasteiger partial charge in [0.25, 0.3) is 0 Å². The van der Waals surface area contributed by atoms with Gasteiger partial charge in [-0.25, -0.2) is 0 Å². The summed E-state index contributed by atoms with van der Waals surface area (Å²) >= 11 is 5.49. The smallest absolute Gasteiger partial charge is 0.0912 e. The molecule has 20 heavy (non-hydrogen) atoms. The van der Waals surface area contributed by atoms with E-state index in [9.17, 15) is 0 Å². The van der Waals surface area contributed by atoms with Gasteiger partial charge in [0, 0.05) is 23.8 Å². The maximum atomic E-state index is 5.79. The first-order chi connectivity index (χ1) is 9.51. The molecule has 0 heterocycles. The van der Waals surface area contributed by atoms with Crippen LogP contribution in [0.3, 0.4) is 0 Å². The monoisotopic (exact) mass is 299 g/mol. The Bertz CT molecular complexity index is 333. The number of hydrogen-bond acceptors (Lipinski definition) is 3. The second-order valence-electron chi connectivity index (χ2n) is 5.19. The summed E-state index contributed by atoms with van der Waals surface area (Å²) in [7, 11) is 0. The maximum Gasteiger partial charge on any atom is 0.0912 e. The summed E-state index contributed by atoms with van der Waals surface area (Å²) in [5.74, 6) is 0. The molecule has 0 aliphatic rings. The van der Waals surface area contributed by atoms with Crippen LogP contribution in [0.1, 0.15) is 47.0 Å². The van der Waals surface area contributed by atoms with Crippen LogP contribution in [0.25, 0.3) is 0 Å². The predicted molar refractivity (Wildman–Crippen MR) is 91.5 cm³/mol. The van der Waals surface area contributed by atoms with Crippen molar-refractivity contribution in [3.05, 3.63) is 23.3 Å². The van der Waals surface area contributed by atoms with E-state index in [4.69, 9.17) is 17.3 Å². The van der Waals surface area contributed by atoms with Crippen LogP contribution in [-0.4, -0.2) is 36.4 Å². The minimum Gasteiger partial charge on any atom is -0.328 e. The molecule has 2 N–H and O–H groups in total. The maximum absolute atomic E-state index is 5.79. The molecule has 0 aliphatic heterocycles. The third-order valence-corrected chi connectivity index (χ3v) is 3.48. The van der Waals surface area contributed by atoms with Gasteiger partial charge in [-0.1, -0.05) is 30.7 Å². The van der Waals surface area contributed by atoms with E-state index in [0.717, 1.165) is 44.7 Å². The highest BCUT2D eigenvalue weighted by Gasteiger charge is 2.03. The Labute approximate surface area is 129 Å². The van der Waals surface area contributed by atoms with Crippen LogP contribution in [0.5, 0.6) is 0 Å². The SMILES string of the molecule is CCN(CCC(C)N)C/N=C(C)/C(C)=C/CC/C=C/Cl. The first-order valence-corrected chi connectivity index (χ1v) is 7.86. The van der Waals surface area contributed by atoms with E-state index in [0.29, 0.717) is 0 Å². The van der Waals surface area contributed by atoms with Gasteiger partial charge in [-0.3, -0.25) is 9.89 Å². The Balaban J connectivity index is 4.25. The van der Waals surface area contributed by atoms with Crippen molar-refractivity contribution in [2.45, 2.75) is 53.0 Å². The minimum absolute atomic E-state index is 0.255. The van der Waals surface area contributed by atoms with Crippen molar-refractivity contribution >= 4 is 17.3 Å². The van der Waals surface area contributed by atoms with E-state index in [1.54, 1.807) is 5.54 Å². The fourth-order valence-electron chi connectivity index (χ4n) is 1.65. The highest BCUT2D eigenvalue weighted by Crippen LogP contribution is 2.04. The van der Waals surface area contributed by atoms with Gasteiger partial charge in [-0.15, -0.1) is 0 Å². The molecule has 0 saturated heterocycles. The third-order valence-electron chi connectivity index (χ3n) is 3.30. The number of hydrogen-bond donors (Lipinski definition) is 1. The molecular formula is C16H30ClN3. The molecule has 0 fully saturated rings. The summed E-state index contributed by atoms with van der Waals surface area (Å²) in [6.07, 6.45) is 7.17. The number of aliphatic imine (C=N–C) groups is 1. The number of nitrogens with two attached hydrogens (primary N) is 1. The molecule has 1 unspecified atom stereocenters. The summed E-state index contributed by atoms with van der Waals surface area (Å²) in [6, 6.07) is 0.255. The van der Waals surface area contributed by atoms with E-state index < -0.39 is 0 Å². The molecule has 0 aromatic carbocycles. The zero-order valence-corrected chi connectivity index (χ0v) is 14.2. The van der Waals surface area contributed by atoms with Crippen LogP contribution in [-0.2, 0) is 0 Å². The molecule has 0 bridgehead atoms. The normalized spacial score (nSPS) is 15.3. The van der Waals surface area contributed by atoms with Crippen LogP contribution < -0.4 is 5.73 Å². The Kier molecular flexibility index (Phi) is 11.7. The molecule has 0 rings (SSSR count). The summed E-state index contributed by atoms with van der Waals surface area (Å²) in [5, 5.41) is 0. The molecule has 0 saturated carbocycles. The lowest BCUT2D eigenvalue weighted by Crippen LogP contribution is -2.29. The van der Waals surface area contributed by atoms with Crippen molar-refractivity contribution < 1.29 is 0 Å². The molecule has 116 valence electrons. The molecule has 0 radical (unpaired) electrons. The average molecular weight is 300 g/mol. The average Bonchev–Trinajstić information content (AvgIpc) is 2.42. The van der Waals surface area contributed by atoms with Crippen molar-refractivity contribution in [3.63, 3.8) is 0 Å². The number of rotatable bonds is 10. The van der Waals surface area contributed by atoms with Gasteiger partial charge < -0.3 is 5.73 Å². The fraction of sp³-hybridized carbons (Fsp3) is 0.688. The van der Waals surface area contributed by atoms with Crippen LogP contribution in [0, 0.1) is 0 Å². The summed E-state index contributed by atoms with van der Waals surface area (Å²) < 4.78 is 0. The molecule has 0 spiro atoms. The highest BCUT2D eigenvalue weighted by atomic mass is 35.5. The number of allylic oxidation sites excluding steroid dienone is 3. The zero-order valence-electron chi connectivity index (χ0n) is 13.4. The Morgan fingerprint density at radius 1 is 1.35 bits per heavy atom. The number of halogens is 1. The quantitative estimate of drug-likeness (QED) is 0.490. The molecule has 0 aromatic heterocycles. The summed E-state index contributed by atoms with van der Waals surface area (Å²) in [6.45, 7) is 11.2. The van der Waals surface area contributed by atoms with Gasteiger partial charge in [-0.05, 0) is 52.2 Å². The van der Waals surface area contributed by atoms with Gasteiger partial charge in [0.2, 0.25) is 0 Å². The first-order valence-electron chi connectivity index (χ1n) is 7.42. The third kappa shape index (κ3) is 10.2. The molecule has 0 amide bonds. The van der Waals surface area contributed by atoms with E-state index >= 15 is 0 Å². The Morgan fingerprint density at radius 3 is 2.60 bits per heavy atom. The predicted octanol–water partition coefficient (Wildman–Crippen LogP) is 3.94. The fourth-order valence-corrected chi connectivity index (χ4v) is 1.78. The largest absolute Gasteiger partial charge is 0.328 e. The van der Waals surface area contributed by atoms with Crippen molar-refractivity contribution in [2.75, 3.05) is 19.8 Å². The van der Waals surface area contributed by atoms with Crippen LogP contribution in [0.2, 0.25) is 0 Å². The second-order valence-corrected chi connectivity index (χ2v) is 5.44. The number of unbranched alkanes of at least 4 members (excludes halogenated alkanes) is 1. The molecule has 4 heteroatoms. The Hall–Kier alpha value is -0.640. The van der Waals surface area contributed by atoms with Crippen LogP contribution in [0.15, 0.2) is 28.3 Å². The van der Waals surface area contributed by atoms with Crippen molar-refractivity contribution in [1.82, 2.24) is 4.90 Å². The number of nitrogens with zero attached hydrogens (tertiary/aromatic N) is 2. The lowest BCUT2D eigenvalue weighted by atomic mass is 10.1. The highest BCUT2D eigenvalue weighted by molar-refractivity contribution is 6.25.